The molecule has 7 nitrogen and oxygen atoms in total. The highest BCUT2D eigenvalue weighted by atomic mass is 19.4. The predicted molar refractivity (Wildman–Crippen MR) is 83.5 cm³/mol. The molecule has 0 unspecified atom stereocenters. The van der Waals surface area contributed by atoms with Gasteiger partial charge < -0.3 is 20.1 Å². The van der Waals surface area contributed by atoms with E-state index in [0.29, 0.717) is 0 Å². The maximum Gasteiger partial charge on any atom is 0.490 e. The normalized spacial score (nSPS) is 22.4. The van der Waals surface area contributed by atoms with Crippen LogP contribution in [0.5, 0.6) is 5.75 Å². The summed E-state index contributed by atoms with van der Waals surface area (Å²) in [6, 6.07) is 0. The Kier molecular flexibility index (Phi) is 6.04. The van der Waals surface area contributed by atoms with Gasteiger partial charge in [0, 0.05) is 26.2 Å². The molecule has 0 aliphatic carbocycles. The SMILES string of the molecule is CC(C)Oc1cnc(N2C[C@@H]3CNC[C@H]3C2)nc1.O=C(O)C(F)(F)F. The first kappa shape index (κ1) is 19.2. The average Bonchev–Trinajstić information content (AvgIpc) is 3.08. The number of halogens is 3. The molecule has 2 saturated heterocycles. The average molecular weight is 362 g/mol. The molecular weight excluding hydrogens is 341 g/mol. The van der Waals surface area contributed by atoms with Crippen molar-refractivity contribution in [1.29, 1.82) is 0 Å². The fourth-order valence-electron chi connectivity index (χ4n) is 2.82. The number of hydrogen-bond donors (Lipinski definition) is 2. The second-order valence-electron chi connectivity index (χ2n) is 6.27. The molecule has 0 radical (unpaired) electrons. The first-order valence-corrected chi connectivity index (χ1v) is 7.91. The van der Waals surface area contributed by atoms with Crippen molar-refractivity contribution in [2.24, 2.45) is 11.8 Å². The summed E-state index contributed by atoms with van der Waals surface area (Å²) in [5.41, 5.74) is 0. The number of carboxylic acid groups (broad SMARTS) is 1. The van der Waals surface area contributed by atoms with Crippen LogP contribution >= 0.6 is 0 Å². The minimum Gasteiger partial charge on any atom is -0.488 e. The number of alkyl halides is 3. The maximum atomic E-state index is 10.6. The molecule has 2 fully saturated rings. The molecule has 3 heterocycles. The van der Waals surface area contributed by atoms with Crippen LogP contribution in [0.4, 0.5) is 19.1 Å². The van der Waals surface area contributed by atoms with E-state index in [9.17, 15) is 13.2 Å². The number of hydrogen-bond acceptors (Lipinski definition) is 6. The quantitative estimate of drug-likeness (QED) is 0.844. The van der Waals surface area contributed by atoms with Gasteiger partial charge >= 0.3 is 12.1 Å². The number of aromatic nitrogens is 2. The number of anilines is 1. The summed E-state index contributed by atoms with van der Waals surface area (Å²) in [6.07, 6.45) is -1.37. The minimum atomic E-state index is -5.08. The van der Waals surface area contributed by atoms with E-state index in [4.69, 9.17) is 14.6 Å². The first-order valence-electron chi connectivity index (χ1n) is 7.91. The number of nitrogens with zero attached hydrogens (tertiary/aromatic N) is 3. The molecule has 2 aliphatic heterocycles. The van der Waals surface area contributed by atoms with Gasteiger partial charge in [-0.25, -0.2) is 14.8 Å². The van der Waals surface area contributed by atoms with E-state index >= 15 is 0 Å². The largest absolute Gasteiger partial charge is 0.490 e. The van der Waals surface area contributed by atoms with Gasteiger partial charge in [0.2, 0.25) is 5.95 Å². The lowest BCUT2D eigenvalue weighted by Crippen LogP contribution is -2.26. The van der Waals surface area contributed by atoms with Crippen molar-refractivity contribution in [3.63, 3.8) is 0 Å². The Balaban J connectivity index is 0.000000277. The van der Waals surface area contributed by atoms with Gasteiger partial charge in [0.15, 0.2) is 5.75 Å². The summed E-state index contributed by atoms with van der Waals surface area (Å²) in [5.74, 6) is 0.350. The summed E-state index contributed by atoms with van der Waals surface area (Å²) >= 11 is 0. The molecular formula is C15H21F3N4O3. The van der Waals surface area contributed by atoms with E-state index in [-0.39, 0.29) is 6.10 Å². The van der Waals surface area contributed by atoms with Crippen molar-refractivity contribution in [1.82, 2.24) is 15.3 Å². The van der Waals surface area contributed by atoms with Gasteiger partial charge in [-0.2, -0.15) is 13.2 Å². The van der Waals surface area contributed by atoms with E-state index in [2.05, 4.69) is 20.2 Å². The molecule has 0 saturated carbocycles. The number of fused-ring (bicyclic) bond motifs is 1. The third-order valence-electron chi connectivity index (χ3n) is 3.90. The Hall–Kier alpha value is -2.10. The molecule has 2 aliphatic rings. The lowest BCUT2D eigenvalue weighted by molar-refractivity contribution is -0.192. The van der Waals surface area contributed by atoms with Crippen molar-refractivity contribution < 1.29 is 27.8 Å². The van der Waals surface area contributed by atoms with Crippen molar-refractivity contribution in [3.8, 4) is 5.75 Å². The number of aliphatic carboxylic acids is 1. The predicted octanol–water partition coefficient (Wildman–Crippen LogP) is 1.55. The third-order valence-corrected chi connectivity index (χ3v) is 3.90. The summed E-state index contributed by atoms with van der Waals surface area (Å²) in [5, 5.41) is 10.6. The highest BCUT2D eigenvalue weighted by Crippen LogP contribution is 2.28. The monoisotopic (exact) mass is 362 g/mol. The van der Waals surface area contributed by atoms with Gasteiger partial charge in [-0.05, 0) is 25.7 Å². The summed E-state index contributed by atoms with van der Waals surface area (Å²) in [7, 11) is 0. The molecule has 3 rings (SSSR count). The van der Waals surface area contributed by atoms with Crippen molar-refractivity contribution >= 4 is 11.9 Å². The summed E-state index contributed by atoms with van der Waals surface area (Å²) < 4.78 is 37.3. The number of ether oxygens (including phenoxy) is 1. The Morgan fingerprint density at radius 2 is 1.76 bits per heavy atom. The zero-order valence-corrected chi connectivity index (χ0v) is 14.0. The number of nitrogens with one attached hydrogen (secondary N) is 1. The Bertz CT molecular complexity index is 568. The zero-order valence-electron chi connectivity index (χ0n) is 14.0. The number of carboxylic acids is 1. The van der Waals surface area contributed by atoms with Gasteiger partial charge in [0.05, 0.1) is 18.5 Å². The zero-order chi connectivity index (χ0) is 18.6. The topological polar surface area (TPSA) is 87.6 Å². The maximum absolute atomic E-state index is 10.6. The molecule has 2 atom stereocenters. The van der Waals surface area contributed by atoms with Crippen LogP contribution in [0.1, 0.15) is 13.8 Å². The second kappa shape index (κ2) is 7.85. The van der Waals surface area contributed by atoms with Gasteiger partial charge in [0.1, 0.15) is 0 Å². The summed E-state index contributed by atoms with van der Waals surface area (Å²) in [4.78, 5) is 20.0. The fraction of sp³-hybridized carbons (Fsp3) is 0.667. The second-order valence-corrected chi connectivity index (χ2v) is 6.27. The fourth-order valence-corrected chi connectivity index (χ4v) is 2.82. The Morgan fingerprint density at radius 1 is 1.28 bits per heavy atom. The molecule has 1 aromatic heterocycles. The molecule has 0 spiro atoms. The first-order chi connectivity index (χ1) is 11.7. The smallest absolute Gasteiger partial charge is 0.488 e. The molecule has 0 aromatic carbocycles. The molecule has 1 aromatic rings. The van der Waals surface area contributed by atoms with Crippen LogP contribution in [0.25, 0.3) is 0 Å². The van der Waals surface area contributed by atoms with Crippen LogP contribution in [-0.2, 0) is 4.79 Å². The highest BCUT2D eigenvalue weighted by molar-refractivity contribution is 5.73. The third kappa shape index (κ3) is 5.45. The van der Waals surface area contributed by atoms with E-state index in [1.54, 1.807) is 12.4 Å². The molecule has 25 heavy (non-hydrogen) atoms. The van der Waals surface area contributed by atoms with E-state index in [1.165, 1.54) is 0 Å². The van der Waals surface area contributed by atoms with Crippen LogP contribution in [0.15, 0.2) is 12.4 Å². The van der Waals surface area contributed by atoms with Gasteiger partial charge in [-0.1, -0.05) is 0 Å². The Labute approximate surface area is 143 Å². The molecule has 2 N–H and O–H groups in total. The van der Waals surface area contributed by atoms with E-state index in [0.717, 1.165) is 49.7 Å². The van der Waals surface area contributed by atoms with Gasteiger partial charge in [-0.15, -0.1) is 0 Å². The van der Waals surface area contributed by atoms with Crippen LogP contribution in [0, 0.1) is 11.8 Å². The lowest BCUT2D eigenvalue weighted by atomic mass is 10.0. The van der Waals surface area contributed by atoms with Crippen molar-refractivity contribution in [3.05, 3.63) is 12.4 Å². The molecule has 0 bridgehead atoms. The highest BCUT2D eigenvalue weighted by Gasteiger charge is 2.38. The lowest BCUT2D eigenvalue weighted by Gasteiger charge is -2.17. The number of carbonyl (C=O) groups is 1. The molecule has 140 valence electrons. The molecule has 10 heteroatoms. The van der Waals surface area contributed by atoms with E-state index < -0.39 is 12.1 Å². The van der Waals surface area contributed by atoms with Crippen LogP contribution in [0.2, 0.25) is 0 Å². The molecule has 0 amide bonds. The van der Waals surface area contributed by atoms with Crippen LogP contribution in [-0.4, -0.2) is 59.5 Å². The summed E-state index contributed by atoms with van der Waals surface area (Å²) in [6.45, 7) is 8.42. The van der Waals surface area contributed by atoms with Crippen LogP contribution < -0.4 is 15.0 Å². The van der Waals surface area contributed by atoms with Gasteiger partial charge in [-0.3, -0.25) is 0 Å². The van der Waals surface area contributed by atoms with Gasteiger partial charge in [0.25, 0.3) is 0 Å². The van der Waals surface area contributed by atoms with Crippen molar-refractivity contribution in [2.75, 3.05) is 31.1 Å². The van der Waals surface area contributed by atoms with Crippen molar-refractivity contribution in [2.45, 2.75) is 26.1 Å². The number of rotatable bonds is 3. The standard InChI is InChI=1S/C13H20N4O.C2HF3O2/c1-9(2)18-12-5-15-13(16-6-12)17-7-10-3-14-4-11(10)8-17;3-2(4,5)1(6)7/h5-6,9-11,14H,3-4,7-8H2,1-2H3;(H,6,7)/t10-,11-;/m0./s1. The van der Waals surface area contributed by atoms with E-state index in [1.807, 2.05) is 13.8 Å². The Morgan fingerprint density at radius 3 is 2.16 bits per heavy atom. The minimum absolute atomic E-state index is 0.164. The van der Waals surface area contributed by atoms with Crippen LogP contribution in [0.3, 0.4) is 0 Å².